The highest BCUT2D eigenvalue weighted by atomic mass is 35.5. The summed E-state index contributed by atoms with van der Waals surface area (Å²) >= 11 is 6.37. The lowest BCUT2D eigenvalue weighted by Gasteiger charge is -2.34. The van der Waals surface area contributed by atoms with Gasteiger partial charge < -0.3 is 10.2 Å². The summed E-state index contributed by atoms with van der Waals surface area (Å²) in [6.45, 7) is 4.41. The Kier molecular flexibility index (Phi) is 11.0. The van der Waals surface area contributed by atoms with Crippen molar-refractivity contribution in [2.24, 2.45) is 0 Å². The number of nitrogens with one attached hydrogen (secondary N) is 1. The zero-order chi connectivity index (χ0) is 31.1. The molecule has 226 valence electrons. The molecule has 42 heavy (non-hydrogen) atoms. The van der Waals surface area contributed by atoms with Crippen LogP contribution in [0.15, 0.2) is 83.8 Å². The fourth-order valence-electron chi connectivity index (χ4n) is 4.26. The van der Waals surface area contributed by atoms with Gasteiger partial charge >= 0.3 is 6.18 Å². The zero-order valence-electron chi connectivity index (χ0n) is 23.4. The number of anilines is 1. The van der Waals surface area contributed by atoms with Gasteiger partial charge in [0.25, 0.3) is 10.0 Å². The highest BCUT2D eigenvalue weighted by Gasteiger charge is 2.36. The second-order valence-corrected chi connectivity index (χ2v) is 12.0. The molecule has 0 radical (unpaired) electrons. The third-order valence-electron chi connectivity index (χ3n) is 6.76. The molecule has 0 aromatic heterocycles. The molecular formula is C30H33ClF3N3O4S. The number of nitrogens with zero attached hydrogens (tertiary/aromatic N) is 2. The molecule has 3 aromatic rings. The first kappa shape index (κ1) is 32.9. The summed E-state index contributed by atoms with van der Waals surface area (Å²) in [6, 6.07) is 16.4. The Labute approximate surface area is 249 Å². The number of halogens is 4. The van der Waals surface area contributed by atoms with Gasteiger partial charge in [0, 0.05) is 17.6 Å². The Morgan fingerprint density at radius 3 is 2.17 bits per heavy atom. The monoisotopic (exact) mass is 623 g/mol. The predicted molar refractivity (Wildman–Crippen MR) is 156 cm³/mol. The van der Waals surface area contributed by atoms with Crippen LogP contribution in [-0.4, -0.2) is 43.8 Å². The van der Waals surface area contributed by atoms with Crippen LogP contribution in [0.5, 0.6) is 0 Å². The van der Waals surface area contributed by atoms with Crippen molar-refractivity contribution in [1.82, 2.24) is 10.2 Å². The van der Waals surface area contributed by atoms with Gasteiger partial charge in [0.15, 0.2) is 0 Å². The second-order valence-electron chi connectivity index (χ2n) is 9.73. The van der Waals surface area contributed by atoms with Crippen LogP contribution in [0.4, 0.5) is 18.9 Å². The average Bonchev–Trinajstić information content (AvgIpc) is 2.96. The van der Waals surface area contributed by atoms with E-state index in [0.717, 1.165) is 12.1 Å². The van der Waals surface area contributed by atoms with Gasteiger partial charge in [-0.3, -0.25) is 13.9 Å². The fourth-order valence-corrected chi connectivity index (χ4v) is 5.88. The predicted octanol–water partition coefficient (Wildman–Crippen LogP) is 6.28. The van der Waals surface area contributed by atoms with Crippen molar-refractivity contribution in [3.05, 3.63) is 95.0 Å². The lowest BCUT2D eigenvalue weighted by molar-refractivity contribution is -0.140. The number of alkyl halides is 3. The molecule has 0 saturated heterocycles. The largest absolute Gasteiger partial charge is 0.416 e. The summed E-state index contributed by atoms with van der Waals surface area (Å²) < 4.78 is 69.0. The maximum absolute atomic E-state index is 14.0. The highest BCUT2D eigenvalue weighted by Crippen LogP contribution is 2.33. The number of carbonyl (C=O) groups excluding carboxylic acids is 2. The normalized spacial score (nSPS) is 13.2. The van der Waals surface area contributed by atoms with Crippen molar-refractivity contribution in [2.45, 2.75) is 63.3 Å². The van der Waals surface area contributed by atoms with Crippen LogP contribution in [0, 0.1) is 0 Å². The first-order valence-electron chi connectivity index (χ1n) is 13.4. The molecule has 3 rings (SSSR count). The van der Waals surface area contributed by atoms with Crippen LogP contribution in [0.2, 0.25) is 5.02 Å². The first-order chi connectivity index (χ1) is 19.8. The molecular weight excluding hydrogens is 591 g/mol. The van der Waals surface area contributed by atoms with Crippen molar-refractivity contribution in [1.29, 1.82) is 0 Å². The van der Waals surface area contributed by atoms with Crippen molar-refractivity contribution >= 4 is 39.1 Å². The smallest absolute Gasteiger partial charge is 0.352 e. The molecule has 1 N–H and O–H groups in total. The number of hydrogen-bond donors (Lipinski definition) is 1. The van der Waals surface area contributed by atoms with E-state index in [1.165, 1.54) is 35.2 Å². The topological polar surface area (TPSA) is 86.8 Å². The molecule has 0 aliphatic carbocycles. The van der Waals surface area contributed by atoms with Gasteiger partial charge in [-0.15, -0.1) is 0 Å². The van der Waals surface area contributed by atoms with Crippen molar-refractivity contribution in [2.75, 3.05) is 10.8 Å². The van der Waals surface area contributed by atoms with Crippen LogP contribution in [0.25, 0.3) is 0 Å². The van der Waals surface area contributed by atoms with E-state index in [1.54, 1.807) is 37.3 Å². The van der Waals surface area contributed by atoms with E-state index >= 15 is 0 Å². The molecule has 0 saturated carbocycles. The molecule has 7 nitrogen and oxygen atoms in total. The minimum atomic E-state index is -4.75. The highest BCUT2D eigenvalue weighted by molar-refractivity contribution is 7.92. The minimum absolute atomic E-state index is 0.132. The van der Waals surface area contributed by atoms with Crippen LogP contribution >= 0.6 is 11.6 Å². The first-order valence-corrected chi connectivity index (χ1v) is 15.2. The van der Waals surface area contributed by atoms with Gasteiger partial charge in [0.2, 0.25) is 11.8 Å². The van der Waals surface area contributed by atoms with E-state index in [-0.39, 0.29) is 29.6 Å². The molecule has 2 atom stereocenters. The van der Waals surface area contributed by atoms with Crippen LogP contribution in [0.3, 0.4) is 0 Å². The molecule has 0 heterocycles. The van der Waals surface area contributed by atoms with E-state index in [2.05, 4.69) is 5.32 Å². The summed E-state index contributed by atoms with van der Waals surface area (Å²) in [6.07, 6.45) is -3.92. The summed E-state index contributed by atoms with van der Waals surface area (Å²) in [4.78, 5) is 28.3. The van der Waals surface area contributed by atoms with Gasteiger partial charge in [-0.25, -0.2) is 8.42 Å². The Morgan fingerprint density at radius 2 is 1.57 bits per heavy atom. The third kappa shape index (κ3) is 8.04. The van der Waals surface area contributed by atoms with Gasteiger partial charge in [0.05, 0.1) is 16.1 Å². The second kappa shape index (κ2) is 14.1. The average molecular weight is 624 g/mol. The van der Waals surface area contributed by atoms with Gasteiger partial charge in [-0.1, -0.05) is 67.9 Å². The molecule has 0 unspecified atom stereocenters. The Morgan fingerprint density at radius 1 is 0.929 bits per heavy atom. The fraction of sp³-hybridized carbons (Fsp3) is 0.333. The van der Waals surface area contributed by atoms with E-state index in [1.807, 2.05) is 13.8 Å². The molecule has 0 aliphatic heterocycles. The summed E-state index contributed by atoms with van der Waals surface area (Å²) in [7, 11) is -4.51. The molecule has 12 heteroatoms. The number of amides is 2. The lowest BCUT2D eigenvalue weighted by Crippen LogP contribution is -2.53. The SMILES string of the molecule is CC[C@@H](C)NC(=O)[C@H](CC)N(Cc1ccccc1Cl)C(=O)CN(c1cccc(C(F)(F)F)c1)S(=O)(=O)c1ccccc1. The minimum Gasteiger partial charge on any atom is -0.352 e. The Hall–Kier alpha value is -3.57. The van der Waals surface area contributed by atoms with E-state index in [9.17, 15) is 31.2 Å². The Balaban J connectivity index is 2.12. The number of rotatable bonds is 12. The van der Waals surface area contributed by atoms with Crippen molar-refractivity contribution in [3.8, 4) is 0 Å². The summed E-state index contributed by atoms with van der Waals surface area (Å²) in [5.41, 5.74) is -0.913. The third-order valence-corrected chi connectivity index (χ3v) is 8.91. The number of hydrogen-bond acceptors (Lipinski definition) is 4. The van der Waals surface area contributed by atoms with E-state index in [0.29, 0.717) is 27.4 Å². The van der Waals surface area contributed by atoms with Crippen LogP contribution < -0.4 is 9.62 Å². The summed E-state index contributed by atoms with van der Waals surface area (Å²) in [5.74, 6) is -1.23. The van der Waals surface area contributed by atoms with E-state index in [4.69, 9.17) is 11.6 Å². The molecule has 0 fully saturated rings. The van der Waals surface area contributed by atoms with Crippen molar-refractivity contribution in [3.63, 3.8) is 0 Å². The maximum Gasteiger partial charge on any atom is 0.416 e. The van der Waals surface area contributed by atoms with Crippen LogP contribution in [-0.2, 0) is 32.3 Å². The zero-order valence-corrected chi connectivity index (χ0v) is 25.0. The standard InChI is InChI=1S/C30H33ClF3N3O4S/c1-4-21(3)35-29(39)27(5-2)36(19-22-12-9-10-17-26(22)31)28(38)20-37(42(40,41)25-15-7-6-8-16-25)24-14-11-13-23(18-24)30(32,33)34/h6-18,21,27H,4-5,19-20H2,1-3H3,(H,35,39)/t21-,27+/m1/s1. The molecule has 0 aliphatic rings. The lowest BCUT2D eigenvalue weighted by atomic mass is 10.1. The number of benzene rings is 3. The summed E-state index contributed by atoms with van der Waals surface area (Å²) in [5, 5.41) is 3.19. The Bertz CT molecular complexity index is 1490. The van der Waals surface area contributed by atoms with Gasteiger partial charge in [0.1, 0.15) is 12.6 Å². The quantitative estimate of drug-likeness (QED) is 0.257. The van der Waals surface area contributed by atoms with Crippen LogP contribution in [0.1, 0.15) is 44.7 Å². The molecule has 2 amide bonds. The molecule has 0 spiro atoms. The van der Waals surface area contributed by atoms with E-state index < -0.39 is 46.2 Å². The molecule has 3 aromatic carbocycles. The number of sulfonamides is 1. The molecule has 0 bridgehead atoms. The van der Waals surface area contributed by atoms with Crippen molar-refractivity contribution < 1.29 is 31.2 Å². The maximum atomic E-state index is 14.0. The van der Waals surface area contributed by atoms with Gasteiger partial charge in [-0.2, -0.15) is 13.2 Å². The van der Waals surface area contributed by atoms with Gasteiger partial charge in [-0.05, 0) is 61.7 Å². The number of carbonyl (C=O) groups is 2.